The molecule has 0 N–H and O–H groups in total. The summed E-state index contributed by atoms with van der Waals surface area (Å²) in [5.41, 5.74) is 1.08. The quantitative estimate of drug-likeness (QED) is 0.537. The summed E-state index contributed by atoms with van der Waals surface area (Å²) in [5, 5.41) is 0. The van der Waals surface area contributed by atoms with Crippen molar-refractivity contribution in [3.63, 3.8) is 0 Å². The molecule has 0 bridgehead atoms. The first-order valence-electron chi connectivity index (χ1n) is 9.68. The van der Waals surface area contributed by atoms with Crippen molar-refractivity contribution in [1.29, 1.82) is 0 Å². The maximum Gasteiger partial charge on any atom is 0.279 e. The Bertz CT molecular complexity index is 1270. The molecule has 0 spiro atoms. The Labute approximate surface area is 185 Å². The molecule has 0 radical (unpaired) electrons. The van der Waals surface area contributed by atoms with Crippen LogP contribution < -0.4 is 14.3 Å². The predicted molar refractivity (Wildman–Crippen MR) is 120 cm³/mol. The van der Waals surface area contributed by atoms with E-state index in [9.17, 15) is 13.2 Å². The zero-order valence-corrected chi connectivity index (χ0v) is 19.7. The Balaban J connectivity index is 2.01. The Kier molecular flexibility index (Phi) is 6.83. The van der Waals surface area contributed by atoms with Gasteiger partial charge in [0.05, 0.1) is 19.1 Å². The van der Waals surface area contributed by atoms with Crippen molar-refractivity contribution in [3.05, 3.63) is 46.8 Å². The minimum atomic E-state index is -3.58. The summed E-state index contributed by atoms with van der Waals surface area (Å²) in [4.78, 5) is 17.6. The van der Waals surface area contributed by atoms with Gasteiger partial charge in [-0.25, -0.2) is 8.42 Å². The summed E-state index contributed by atoms with van der Waals surface area (Å²) in [6, 6.07) is 9.45. The second-order valence-corrected chi connectivity index (χ2v) is 9.54. The van der Waals surface area contributed by atoms with Gasteiger partial charge in [0, 0.05) is 25.7 Å². The predicted octanol–water partition coefficient (Wildman–Crippen LogP) is 3.03. The number of aryl methyl sites for hydroxylation is 1. The van der Waals surface area contributed by atoms with Gasteiger partial charge in [-0.2, -0.15) is 9.30 Å². The van der Waals surface area contributed by atoms with Crippen LogP contribution in [0.5, 0.6) is 11.5 Å². The summed E-state index contributed by atoms with van der Waals surface area (Å²) >= 11 is 1.31. The van der Waals surface area contributed by atoms with Gasteiger partial charge in [0.15, 0.2) is 4.80 Å². The maximum atomic E-state index is 12.8. The standard InChI is InChI=1S/C21H25N3O5S2/c1-6-24(7-2)31(26,27)15-10-8-14(9-11-15)20(25)22-21-23(3)18-16(28-4)12-13-17(29-5)19(18)30-21/h8-13H,6-7H2,1-5H3. The van der Waals surface area contributed by atoms with E-state index in [4.69, 9.17) is 9.47 Å². The number of ether oxygens (including phenoxy) is 2. The molecular weight excluding hydrogens is 438 g/mol. The lowest BCUT2D eigenvalue weighted by molar-refractivity contribution is 0.0998. The summed E-state index contributed by atoms with van der Waals surface area (Å²) in [7, 11) is 1.38. The average Bonchev–Trinajstić information content (AvgIpc) is 3.10. The van der Waals surface area contributed by atoms with Crippen molar-refractivity contribution in [1.82, 2.24) is 8.87 Å². The van der Waals surface area contributed by atoms with E-state index in [1.807, 2.05) is 0 Å². The van der Waals surface area contributed by atoms with Gasteiger partial charge in [-0.3, -0.25) is 4.79 Å². The fourth-order valence-corrected chi connectivity index (χ4v) is 5.85. The number of nitrogens with zero attached hydrogens (tertiary/aromatic N) is 3. The molecule has 0 unspecified atom stereocenters. The van der Waals surface area contributed by atoms with Crippen LogP contribution in [0.25, 0.3) is 10.2 Å². The third-order valence-corrected chi connectivity index (χ3v) is 8.17. The molecule has 0 fully saturated rings. The van der Waals surface area contributed by atoms with Crippen LogP contribution in [0.2, 0.25) is 0 Å². The molecule has 0 saturated heterocycles. The number of carbonyl (C=O) groups is 1. The Morgan fingerprint density at radius 3 is 2.16 bits per heavy atom. The molecule has 0 atom stereocenters. The lowest BCUT2D eigenvalue weighted by Gasteiger charge is -2.18. The van der Waals surface area contributed by atoms with Gasteiger partial charge in [-0.15, -0.1) is 0 Å². The Hall–Kier alpha value is -2.69. The second kappa shape index (κ2) is 9.21. The second-order valence-electron chi connectivity index (χ2n) is 6.62. The zero-order chi connectivity index (χ0) is 22.8. The van der Waals surface area contributed by atoms with E-state index < -0.39 is 15.9 Å². The molecule has 0 aliphatic carbocycles. The van der Waals surface area contributed by atoms with Crippen molar-refractivity contribution in [2.45, 2.75) is 18.7 Å². The summed E-state index contributed by atoms with van der Waals surface area (Å²) in [6.45, 7) is 4.33. The van der Waals surface area contributed by atoms with Crippen molar-refractivity contribution >= 4 is 37.5 Å². The summed E-state index contributed by atoms with van der Waals surface area (Å²) < 4.78 is 40.1. The van der Waals surface area contributed by atoms with Crippen molar-refractivity contribution in [2.24, 2.45) is 12.0 Å². The minimum absolute atomic E-state index is 0.148. The number of amides is 1. The number of thiazole rings is 1. The number of sulfonamides is 1. The number of benzene rings is 2. The van der Waals surface area contributed by atoms with Crippen LogP contribution >= 0.6 is 11.3 Å². The number of carbonyl (C=O) groups excluding carboxylic acids is 1. The first-order valence-corrected chi connectivity index (χ1v) is 11.9. The number of aromatic nitrogens is 1. The third-order valence-electron chi connectivity index (χ3n) is 4.96. The highest BCUT2D eigenvalue weighted by atomic mass is 32.2. The fourth-order valence-electron chi connectivity index (χ4n) is 3.26. The molecule has 31 heavy (non-hydrogen) atoms. The molecule has 0 aliphatic rings. The van der Waals surface area contributed by atoms with Crippen molar-refractivity contribution < 1.29 is 22.7 Å². The number of fused-ring (bicyclic) bond motifs is 1. The van der Waals surface area contributed by atoms with Crippen molar-refractivity contribution in [2.75, 3.05) is 27.3 Å². The van der Waals surface area contributed by atoms with Crippen LogP contribution in [0, 0.1) is 0 Å². The third kappa shape index (κ3) is 4.23. The molecule has 10 heteroatoms. The van der Waals surface area contributed by atoms with E-state index in [2.05, 4.69) is 4.99 Å². The minimum Gasteiger partial charge on any atom is -0.495 e. The molecule has 3 aromatic rings. The van der Waals surface area contributed by atoms with Gasteiger partial charge in [-0.05, 0) is 36.4 Å². The number of methoxy groups -OCH3 is 2. The number of rotatable bonds is 7. The van der Waals surface area contributed by atoms with Gasteiger partial charge in [0.2, 0.25) is 10.0 Å². The van der Waals surface area contributed by atoms with Gasteiger partial charge < -0.3 is 14.0 Å². The summed E-state index contributed by atoms with van der Waals surface area (Å²) in [5.74, 6) is 0.845. The zero-order valence-electron chi connectivity index (χ0n) is 18.1. The maximum absolute atomic E-state index is 12.8. The molecule has 8 nitrogen and oxygen atoms in total. The van der Waals surface area contributed by atoms with Crippen LogP contribution in [0.3, 0.4) is 0 Å². The van der Waals surface area contributed by atoms with E-state index >= 15 is 0 Å². The van der Waals surface area contributed by atoms with Gasteiger partial charge in [-0.1, -0.05) is 25.2 Å². The van der Waals surface area contributed by atoms with Gasteiger partial charge in [0.25, 0.3) is 5.91 Å². The highest BCUT2D eigenvalue weighted by Gasteiger charge is 2.22. The first-order chi connectivity index (χ1) is 14.8. The molecule has 0 saturated carbocycles. The van der Waals surface area contributed by atoms with E-state index in [-0.39, 0.29) is 4.90 Å². The lowest BCUT2D eigenvalue weighted by atomic mass is 10.2. The van der Waals surface area contributed by atoms with Crippen LogP contribution in [-0.2, 0) is 17.1 Å². The Morgan fingerprint density at radius 1 is 1.03 bits per heavy atom. The SMILES string of the molecule is CCN(CC)S(=O)(=O)c1ccc(C(=O)N=c2sc3c(OC)ccc(OC)c3n2C)cc1. The fraction of sp³-hybridized carbons (Fsp3) is 0.333. The molecule has 2 aromatic carbocycles. The smallest absolute Gasteiger partial charge is 0.279 e. The summed E-state index contributed by atoms with van der Waals surface area (Å²) in [6.07, 6.45) is 0. The molecule has 3 rings (SSSR count). The highest BCUT2D eigenvalue weighted by Crippen LogP contribution is 2.34. The molecule has 1 amide bonds. The lowest BCUT2D eigenvalue weighted by Crippen LogP contribution is -2.30. The van der Waals surface area contributed by atoms with E-state index in [0.717, 1.165) is 10.2 Å². The normalized spacial score (nSPS) is 12.5. The Morgan fingerprint density at radius 2 is 1.61 bits per heavy atom. The molecule has 1 heterocycles. The number of hydrogen-bond donors (Lipinski definition) is 0. The van der Waals surface area contributed by atoms with E-state index in [1.54, 1.807) is 51.8 Å². The largest absolute Gasteiger partial charge is 0.495 e. The molecule has 166 valence electrons. The van der Waals surface area contributed by atoms with E-state index in [0.29, 0.717) is 35.0 Å². The van der Waals surface area contributed by atoms with Crippen LogP contribution in [0.1, 0.15) is 24.2 Å². The monoisotopic (exact) mass is 463 g/mol. The van der Waals surface area contributed by atoms with Crippen LogP contribution in [-0.4, -0.2) is 50.5 Å². The molecular formula is C21H25N3O5S2. The average molecular weight is 464 g/mol. The van der Waals surface area contributed by atoms with Gasteiger partial charge >= 0.3 is 0 Å². The van der Waals surface area contributed by atoms with Crippen molar-refractivity contribution in [3.8, 4) is 11.5 Å². The van der Waals surface area contributed by atoms with Crippen LogP contribution in [0.4, 0.5) is 0 Å². The highest BCUT2D eigenvalue weighted by molar-refractivity contribution is 7.89. The number of hydrogen-bond acceptors (Lipinski definition) is 6. The molecule has 0 aliphatic heterocycles. The van der Waals surface area contributed by atoms with Crippen LogP contribution in [0.15, 0.2) is 46.3 Å². The van der Waals surface area contributed by atoms with E-state index in [1.165, 1.54) is 39.9 Å². The first kappa shape index (κ1) is 23.0. The topological polar surface area (TPSA) is 90.2 Å². The van der Waals surface area contributed by atoms with Gasteiger partial charge in [0.1, 0.15) is 21.7 Å². The molecule has 1 aromatic heterocycles.